The van der Waals surface area contributed by atoms with Gasteiger partial charge in [-0.15, -0.1) is 0 Å². The number of carbonyl (C=O) groups excluding carboxylic acids is 1. The highest BCUT2D eigenvalue weighted by Gasteiger charge is 2.16. The molecule has 0 aliphatic carbocycles. The van der Waals surface area contributed by atoms with E-state index in [0.29, 0.717) is 5.92 Å². The highest BCUT2D eigenvalue weighted by Crippen LogP contribution is 2.21. The number of ether oxygens (including phenoxy) is 1. The molecule has 1 rings (SSSR count). The van der Waals surface area contributed by atoms with Gasteiger partial charge in [0, 0.05) is 26.2 Å². The monoisotopic (exact) mass is 362 g/mol. The molecule has 26 heavy (non-hydrogen) atoms. The predicted molar refractivity (Wildman–Crippen MR) is 108 cm³/mol. The predicted octanol–water partition coefficient (Wildman–Crippen LogP) is 2.61. The van der Waals surface area contributed by atoms with Crippen molar-refractivity contribution in [2.24, 2.45) is 4.99 Å². The minimum absolute atomic E-state index is 0.0189. The number of nitrogens with zero attached hydrogens (tertiary/aromatic N) is 2. The van der Waals surface area contributed by atoms with Crippen LogP contribution in [0.5, 0.6) is 5.75 Å². The number of amides is 1. The molecule has 0 saturated heterocycles. The fourth-order valence-electron chi connectivity index (χ4n) is 2.63. The molecule has 1 aromatic carbocycles. The van der Waals surface area contributed by atoms with Crippen molar-refractivity contribution >= 4 is 11.9 Å². The Morgan fingerprint density at radius 3 is 2.38 bits per heavy atom. The molecule has 0 heterocycles. The standard InChI is InChI=1S/C20H34N4O2/c1-15(16-8-10-17(26-7)11-9-16)12-13-22-19(21-5)24(6)14-18(25)23-20(2,3)4/h8-11,15H,12-14H2,1-7H3,(H,21,22)(H,23,25). The van der Waals surface area contributed by atoms with Crippen LogP contribution in [0.15, 0.2) is 29.3 Å². The van der Waals surface area contributed by atoms with Crippen molar-refractivity contribution in [1.29, 1.82) is 0 Å². The third-order valence-electron chi connectivity index (χ3n) is 4.01. The number of nitrogens with one attached hydrogen (secondary N) is 2. The van der Waals surface area contributed by atoms with E-state index in [1.165, 1.54) is 5.56 Å². The van der Waals surface area contributed by atoms with Gasteiger partial charge in [-0.05, 0) is 50.8 Å². The first kappa shape index (κ1) is 21.8. The van der Waals surface area contributed by atoms with Crippen LogP contribution in [0, 0.1) is 0 Å². The number of rotatable bonds is 7. The topological polar surface area (TPSA) is 66.0 Å². The van der Waals surface area contributed by atoms with Crippen molar-refractivity contribution < 1.29 is 9.53 Å². The maximum atomic E-state index is 12.1. The molecule has 0 fully saturated rings. The summed E-state index contributed by atoms with van der Waals surface area (Å²) in [6.07, 6.45) is 0.966. The smallest absolute Gasteiger partial charge is 0.240 e. The number of aliphatic imine (C=N–C) groups is 1. The highest BCUT2D eigenvalue weighted by atomic mass is 16.5. The van der Waals surface area contributed by atoms with Gasteiger partial charge < -0.3 is 20.3 Å². The summed E-state index contributed by atoms with van der Waals surface area (Å²) in [6, 6.07) is 8.17. The first-order chi connectivity index (χ1) is 12.2. The highest BCUT2D eigenvalue weighted by molar-refractivity contribution is 5.86. The lowest BCUT2D eigenvalue weighted by molar-refractivity contribution is -0.122. The van der Waals surface area contributed by atoms with Gasteiger partial charge in [-0.2, -0.15) is 0 Å². The molecule has 0 aliphatic rings. The zero-order valence-corrected chi connectivity index (χ0v) is 17.2. The quantitative estimate of drug-likeness (QED) is 0.578. The van der Waals surface area contributed by atoms with E-state index in [2.05, 4.69) is 34.7 Å². The fourth-order valence-corrected chi connectivity index (χ4v) is 2.63. The number of hydrogen-bond donors (Lipinski definition) is 2. The Morgan fingerprint density at radius 2 is 1.88 bits per heavy atom. The van der Waals surface area contributed by atoms with Gasteiger partial charge in [-0.1, -0.05) is 19.1 Å². The molecule has 1 atom stereocenters. The zero-order valence-electron chi connectivity index (χ0n) is 17.2. The molecule has 6 heteroatoms. The minimum atomic E-state index is -0.233. The van der Waals surface area contributed by atoms with E-state index in [1.807, 2.05) is 44.9 Å². The lowest BCUT2D eigenvalue weighted by Gasteiger charge is -2.25. The van der Waals surface area contributed by atoms with Crippen LogP contribution in [0.3, 0.4) is 0 Å². The summed E-state index contributed by atoms with van der Waals surface area (Å²) in [6.45, 7) is 9.17. The number of methoxy groups -OCH3 is 1. The first-order valence-electron chi connectivity index (χ1n) is 9.03. The number of benzene rings is 1. The normalized spacial score (nSPS) is 13.1. The average Bonchev–Trinajstić information content (AvgIpc) is 2.56. The molecular weight excluding hydrogens is 328 g/mol. The maximum Gasteiger partial charge on any atom is 0.240 e. The molecular formula is C20H34N4O2. The van der Waals surface area contributed by atoms with Crippen molar-refractivity contribution in [3.05, 3.63) is 29.8 Å². The van der Waals surface area contributed by atoms with Gasteiger partial charge in [0.2, 0.25) is 5.91 Å². The van der Waals surface area contributed by atoms with Gasteiger partial charge in [0.05, 0.1) is 13.7 Å². The third-order valence-corrected chi connectivity index (χ3v) is 4.01. The van der Waals surface area contributed by atoms with Crippen molar-refractivity contribution in [3.63, 3.8) is 0 Å². The summed E-state index contributed by atoms with van der Waals surface area (Å²) >= 11 is 0. The summed E-state index contributed by atoms with van der Waals surface area (Å²) in [5.41, 5.74) is 1.04. The molecule has 0 aliphatic heterocycles. The Hall–Kier alpha value is -2.24. The molecule has 0 aromatic heterocycles. The fraction of sp³-hybridized carbons (Fsp3) is 0.600. The molecule has 0 saturated carbocycles. The largest absolute Gasteiger partial charge is 0.497 e. The summed E-state index contributed by atoms with van der Waals surface area (Å²) < 4.78 is 5.20. The third kappa shape index (κ3) is 7.76. The second kappa shape index (κ2) is 10.0. The van der Waals surface area contributed by atoms with Crippen LogP contribution < -0.4 is 15.4 Å². The van der Waals surface area contributed by atoms with E-state index in [4.69, 9.17) is 4.74 Å². The molecule has 1 aromatic rings. The summed E-state index contributed by atoms with van der Waals surface area (Å²) in [5, 5.41) is 6.29. The Kier molecular flexibility index (Phi) is 8.42. The van der Waals surface area contributed by atoms with Gasteiger partial charge >= 0.3 is 0 Å². The van der Waals surface area contributed by atoms with Crippen molar-refractivity contribution in [2.45, 2.75) is 45.6 Å². The lowest BCUT2D eigenvalue weighted by Crippen LogP contribution is -2.48. The van der Waals surface area contributed by atoms with Crippen LogP contribution in [-0.2, 0) is 4.79 Å². The van der Waals surface area contributed by atoms with Crippen molar-refractivity contribution in [1.82, 2.24) is 15.5 Å². The average molecular weight is 363 g/mol. The summed E-state index contributed by atoms with van der Waals surface area (Å²) in [4.78, 5) is 18.2. The lowest BCUT2D eigenvalue weighted by atomic mass is 9.98. The van der Waals surface area contributed by atoms with Crippen molar-refractivity contribution in [2.75, 3.05) is 34.3 Å². The molecule has 1 amide bonds. The number of carbonyl (C=O) groups is 1. The van der Waals surface area contributed by atoms with Gasteiger partial charge in [-0.3, -0.25) is 9.79 Å². The van der Waals surface area contributed by atoms with Crippen LogP contribution in [0.25, 0.3) is 0 Å². The van der Waals surface area contributed by atoms with Crippen LogP contribution in [0.4, 0.5) is 0 Å². The van der Waals surface area contributed by atoms with Crippen molar-refractivity contribution in [3.8, 4) is 5.75 Å². The number of guanidine groups is 1. The second-order valence-corrected chi connectivity index (χ2v) is 7.59. The molecule has 0 bridgehead atoms. The van der Waals surface area contributed by atoms with Gasteiger partial charge in [0.15, 0.2) is 5.96 Å². The Labute approximate surface area is 158 Å². The second-order valence-electron chi connectivity index (χ2n) is 7.59. The van der Waals surface area contributed by atoms with Gasteiger partial charge in [0.25, 0.3) is 0 Å². The van der Waals surface area contributed by atoms with E-state index < -0.39 is 0 Å². The molecule has 0 spiro atoms. The maximum absolute atomic E-state index is 12.1. The van der Waals surface area contributed by atoms with Crippen LogP contribution >= 0.6 is 0 Å². The van der Waals surface area contributed by atoms with Gasteiger partial charge in [-0.25, -0.2) is 0 Å². The summed E-state index contributed by atoms with van der Waals surface area (Å²) in [5.74, 6) is 1.99. The van der Waals surface area contributed by atoms with Crippen LogP contribution in [0.1, 0.15) is 45.6 Å². The molecule has 146 valence electrons. The Bertz CT molecular complexity index is 591. The molecule has 1 unspecified atom stereocenters. The summed E-state index contributed by atoms with van der Waals surface area (Å²) in [7, 11) is 5.27. The SMILES string of the molecule is CN=C(NCCC(C)c1ccc(OC)cc1)N(C)CC(=O)NC(C)(C)C. The number of hydrogen-bond acceptors (Lipinski definition) is 3. The van der Waals surface area contributed by atoms with E-state index >= 15 is 0 Å². The zero-order chi connectivity index (χ0) is 19.7. The number of likely N-dealkylation sites (N-methyl/N-ethyl adjacent to an activating group) is 1. The molecule has 2 N–H and O–H groups in total. The minimum Gasteiger partial charge on any atom is -0.497 e. The van der Waals surface area contributed by atoms with E-state index in [0.717, 1.165) is 24.7 Å². The van der Waals surface area contributed by atoms with Gasteiger partial charge in [0.1, 0.15) is 5.75 Å². The Morgan fingerprint density at radius 1 is 1.27 bits per heavy atom. The first-order valence-corrected chi connectivity index (χ1v) is 9.03. The van der Waals surface area contributed by atoms with E-state index in [1.54, 1.807) is 14.2 Å². The Balaban J connectivity index is 2.46. The molecule has 6 nitrogen and oxygen atoms in total. The van der Waals surface area contributed by atoms with E-state index in [-0.39, 0.29) is 18.0 Å². The molecule has 0 radical (unpaired) electrons. The van der Waals surface area contributed by atoms with E-state index in [9.17, 15) is 4.79 Å². The van der Waals surface area contributed by atoms with Crippen LogP contribution in [-0.4, -0.2) is 56.6 Å². The van der Waals surface area contributed by atoms with Crippen LogP contribution in [0.2, 0.25) is 0 Å².